The van der Waals surface area contributed by atoms with Gasteiger partial charge in [0.1, 0.15) is 0 Å². The van der Waals surface area contributed by atoms with E-state index in [0.29, 0.717) is 10.6 Å². The van der Waals surface area contributed by atoms with E-state index in [4.69, 9.17) is 11.6 Å². The molecule has 0 fully saturated rings. The number of hydrogen-bond donors (Lipinski definition) is 1. The van der Waals surface area contributed by atoms with Crippen LogP contribution in [0.15, 0.2) is 54.6 Å². The summed E-state index contributed by atoms with van der Waals surface area (Å²) in [5.41, 5.74) is 1.15. The van der Waals surface area contributed by atoms with Crippen LogP contribution in [-0.2, 0) is 11.3 Å². The number of amides is 1. The molecule has 2 rings (SSSR count). The first kappa shape index (κ1) is 13.3. The predicted octanol–water partition coefficient (Wildman–Crippen LogP) is 2.84. The van der Waals surface area contributed by atoms with Crippen molar-refractivity contribution in [2.24, 2.45) is 0 Å². The fraction of sp³-hybridized carbons (Fsp3) is 0.0667. The molecule has 96 valence electrons. The summed E-state index contributed by atoms with van der Waals surface area (Å²) >= 11 is 5.97. The van der Waals surface area contributed by atoms with Crippen LogP contribution in [0.2, 0.25) is 5.02 Å². The van der Waals surface area contributed by atoms with Gasteiger partial charge in [-0.05, 0) is 11.6 Å². The van der Waals surface area contributed by atoms with Crippen LogP contribution < -0.4 is 5.32 Å². The fourth-order valence-corrected chi connectivity index (χ4v) is 1.82. The van der Waals surface area contributed by atoms with Gasteiger partial charge in [-0.3, -0.25) is 9.59 Å². The Morgan fingerprint density at radius 2 is 1.58 bits per heavy atom. The lowest BCUT2D eigenvalue weighted by molar-refractivity contribution is -0.117. The maximum Gasteiger partial charge on any atom is 0.292 e. The lowest BCUT2D eigenvalue weighted by atomic mass is 10.1. The summed E-state index contributed by atoms with van der Waals surface area (Å²) in [6.45, 7) is 0.233. The van der Waals surface area contributed by atoms with Crippen LogP contribution in [0.1, 0.15) is 15.9 Å². The van der Waals surface area contributed by atoms with Crippen molar-refractivity contribution >= 4 is 23.3 Å². The highest BCUT2D eigenvalue weighted by Gasteiger charge is 2.15. The first-order valence-electron chi connectivity index (χ1n) is 5.79. The van der Waals surface area contributed by atoms with Crippen LogP contribution in [0.25, 0.3) is 0 Å². The standard InChI is InChI=1S/C15H12ClNO2/c16-13-9-5-4-8-12(13)10-17-15(19)14(18)11-6-2-1-3-7-11/h1-9H,10H2,(H,17,19). The van der Waals surface area contributed by atoms with Gasteiger partial charge in [-0.2, -0.15) is 0 Å². The van der Waals surface area contributed by atoms with Gasteiger partial charge in [0.2, 0.25) is 5.78 Å². The van der Waals surface area contributed by atoms with Gasteiger partial charge in [0, 0.05) is 17.1 Å². The molecule has 2 aromatic carbocycles. The Labute approximate surface area is 116 Å². The second-order valence-electron chi connectivity index (χ2n) is 3.97. The van der Waals surface area contributed by atoms with Gasteiger partial charge in [-0.1, -0.05) is 60.1 Å². The van der Waals surface area contributed by atoms with Crippen molar-refractivity contribution in [3.8, 4) is 0 Å². The van der Waals surface area contributed by atoms with Crippen LogP contribution >= 0.6 is 11.6 Å². The highest BCUT2D eigenvalue weighted by molar-refractivity contribution is 6.42. The molecule has 0 atom stereocenters. The Balaban J connectivity index is 1.99. The topological polar surface area (TPSA) is 46.2 Å². The van der Waals surface area contributed by atoms with Crippen LogP contribution in [-0.4, -0.2) is 11.7 Å². The Bertz CT molecular complexity index is 596. The third-order valence-electron chi connectivity index (χ3n) is 2.64. The number of hydrogen-bond acceptors (Lipinski definition) is 2. The van der Waals surface area contributed by atoms with E-state index in [1.54, 1.807) is 42.5 Å². The van der Waals surface area contributed by atoms with E-state index in [9.17, 15) is 9.59 Å². The Kier molecular flexibility index (Phi) is 4.31. The monoisotopic (exact) mass is 273 g/mol. The van der Waals surface area contributed by atoms with Gasteiger partial charge < -0.3 is 5.32 Å². The molecule has 0 saturated carbocycles. The molecule has 0 aliphatic carbocycles. The lowest BCUT2D eigenvalue weighted by Gasteiger charge is -2.06. The van der Waals surface area contributed by atoms with E-state index in [1.807, 2.05) is 12.1 Å². The van der Waals surface area contributed by atoms with Crippen molar-refractivity contribution in [1.82, 2.24) is 5.32 Å². The summed E-state index contributed by atoms with van der Waals surface area (Å²) in [5, 5.41) is 3.13. The molecule has 0 radical (unpaired) electrons. The minimum Gasteiger partial charge on any atom is -0.345 e. The van der Waals surface area contributed by atoms with E-state index in [-0.39, 0.29) is 6.54 Å². The number of Topliss-reactive ketones (excluding diaryl/α,β-unsaturated/α-hetero) is 1. The average Bonchev–Trinajstić information content (AvgIpc) is 2.46. The van der Waals surface area contributed by atoms with Gasteiger partial charge >= 0.3 is 0 Å². The smallest absolute Gasteiger partial charge is 0.292 e. The predicted molar refractivity (Wildman–Crippen MR) is 74.1 cm³/mol. The molecule has 1 amide bonds. The van der Waals surface area contributed by atoms with Crippen molar-refractivity contribution in [3.05, 3.63) is 70.7 Å². The SMILES string of the molecule is O=C(NCc1ccccc1Cl)C(=O)c1ccccc1. The van der Waals surface area contributed by atoms with Crippen molar-refractivity contribution < 1.29 is 9.59 Å². The van der Waals surface area contributed by atoms with Crippen molar-refractivity contribution in [2.45, 2.75) is 6.54 Å². The number of halogens is 1. The Hall–Kier alpha value is -2.13. The zero-order chi connectivity index (χ0) is 13.7. The van der Waals surface area contributed by atoms with Crippen LogP contribution in [0.4, 0.5) is 0 Å². The molecule has 4 heteroatoms. The van der Waals surface area contributed by atoms with E-state index in [0.717, 1.165) is 5.56 Å². The van der Waals surface area contributed by atoms with Gasteiger partial charge in [0.25, 0.3) is 5.91 Å². The Morgan fingerprint density at radius 3 is 2.26 bits per heavy atom. The summed E-state index contributed by atoms with van der Waals surface area (Å²) in [4.78, 5) is 23.5. The summed E-state index contributed by atoms with van der Waals surface area (Å²) in [6, 6.07) is 15.6. The minimum atomic E-state index is -0.633. The molecule has 0 bridgehead atoms. The summed E-state index contributed by atoms with van der Waals surface area (Å²) in [5.74, 6) is -1.18. The maximum absolute atomic E-state index is 11.8. The van der Waals surface area contributed by atoms with Crippen molar-refractivity contribution in [2.75, 3.05) is 0 Å². The molecule has 1 N–H and O–H groups in total. The maximum atomic E-state index is 11.8. The Morgan fingerprint density at radius 1 is 0.947 bits per heavy atom. The molecule has 3 nitrogen and oxygen atoms in total. The van der Waals surface area contributed by atoms with E-state index in [1.165, 1.54) is 0 Å². The first-order valence-corrected chi connectivity index (χ1v) is 6.17. The van der Waals surface area contributed by atoms with Gasteiger partial charge in [0.15, 0.2) is 0 Å². The zero-order valence-corrected chi connectivity index (χ0v) is 10.9. The second-order valence-corrected chi connectivity index (χ2v) is 4.38. The van der Waals surface area contributed by atoms with E-state index < -0.39 is 11.7 Å². The second kappa shape index (κ2) is 6.16. The van der Waals surface area contributed by atoms with Gasteiger partial charge in [0.05, 0.1) is 0 Å². The van der Waals surface area contributed by atoms with Gasteiger partial charge in [-0.15, -0.1) is 0 Å². The van der Waals surface area contributed by atoms with Crippen LogP contribution in [0.3, 0.4) is 0 Å². The quantitative estimate of drug-likeness (QED) is 0.688. The zero-order valence-electron chi connectivity index (χ0n) is 10.1. The third-order valence-corrected chi connectivity index (χ3v) is 3.01. The fourth-order valence-electron chi connectivity index (χ4n) is 1.62. The normalized spacial score (nSPS) is 9.95. The molecule has 0 spiro atoms. The molecule has 0 aromatic heterocycles. The molecule has 0 unspecified atom stereocenters. The number of ketones is 1. The number of benzene rings is 2. The van der Waals surface area contributed by atoms with Crippen molar-refractivity contribution in [3.63, 3.8) is 0 Å². The van der Waals surface area contributed by atoms with Crippen LogP contribution in [0.5, 0.6) is 0 Å². The third kappa shape index (κ3) is 3.42. The van der Waals surface area contributed by atoms with Crippen LogP contribution in [0, 0.1) is 0 Å². The minimum absolute atomic E-state index is 0.233. The molecule has 2 aromatic rings. The number of carbonyl (C=O) groups is 2. The highest BCUT2D eigenvalue weighted by atomic mass is 35.5. The molecule has 0 saturated heterocycles. The first-order chi connectivity index (χ1) is 9.18. The summed E-state index contributed by atoms with van der Waals surface area (Å²) < 4.78 is 0. The average molecular weight is 274 g/mol. The van der Waals surface area contributed by atoms with E-state index in [2.05, 4.69) is 5.32 Å². The summed E-state index contributed by atoms with van der Waals surface area (Å²) in [7, 11) is 0. The molecule has 0 aliphatic rings. The number of nitrogens with one attached hydrogen (secondary N) is 1. The molecular weight excluding hydrogens is 262 g/mol. The number of carbonyl (C=O) groups excluding carboxylic acids is 2. The van der Waals surface area contributed by atoms with Crippen molar-refractivity contribution in [1.29, 1.82) is 0 Å². The number of rotatable bonds is 4. The molecular formula is C15H12ClNO2. The molecule has 0 aliphatic heterocycles. The highest BCUT2D eigenvalue weighted by Crippen LogP contribution is 2.14. The van der Waals surface area contributed by atoms with Gasteiger partial charge in [-0.25, -0.2) is 0 Å². The summed E-state index contributed by atoms with van der Waals surface area (Å²) in [6.07, 6.45) is 0. The molecule has 0 heterocycles. The van der Waals surface area contributed by atoms with E-state index >= 15 is 0 Å². The largest absolute Gasteiger partial charge is 0.345 e. The lowest BCUT2D eigenvalue weighted by Crippen LogP contribution is -2.30. The molecule has 19 heavy (non-hydrogen) atoms.